The largest absolute Gasteiger partial charge is 0.391 e. The summed E-state index contributed by atoms with van der Waals surface area (Å²) in [6.07, 6.45) is 2.49. The molecular weight excluding hydrogens is 319 g/mol. The Labute approximate surface area is 140 Å². The van der Waals surface area contributed by atoms with Crippen LogP contribution in [0, 0.1) is 18.8 Å². The number of hydrogen-bond donors (Lipinski definition) is 0. The maximum Gasteiger partial charge on any atom is 0.391 e. The van der Waals surface area contributed by atoms with Gasteiger partial charge >= 0.3 is 6.18 Å². The van der Waals surface area contributed by atoms with Crippen molar-refractivity contribution in [1.82, 2.24) is 14.7 Å². The Kier molecular flexibility index (Phi) is 4.88. The van der Waals surface area contributed by atoms with Gasteiger partial charge in [-0.1, -0.05) is 6.42 Å². The zero-order valence-corrected chi connectivity index (χ0v) is 13.9. The molecular formula is C17H24F3N3O. The first kappa shape index (κ1) is 17.3. The Morgan fingerprint density at radius 1 is 1.29 bits per heavy atom. The van der Waals surface area contributed by atoms with Crippen molar-refractivity contribution in [3.05, 3.63) is 18.0 Å². The molecule has 2 aliphatic rings. The van der Waals surface area contributed by atoms with E-state index in [9.17, 15) is 18.0 Å². The lowest BCUT2D eigenvalue weighted by atomic mass is 9.80. The minimum absolute atomic E-state index is 0.0445. The van der Waals surface area contributed by atoms with E-state index < -0.39 is 18.0 Å². The Morgan fingerprint density at radius 3 is 2.75 bits per heavy atom. The van der Waals surface area contributed by atoms with Crippen LogP contribution in [0.3, 0.4) is 0 Å². The molecule has 1 saturated heterocycles. The highest BCUT2D eigenvalue weighted by Crippen LogP contribution is 2.41. The molecule has 0 spiro atoms. The van der Waals surface area contributed by atoms with E-state index >= 15 is 0 Å². The van der Waals surface area contributed by atoms with Crippen molar-refractivity contribution < 1.29 is 18.0 Å². The fourth-order valence-electron chi connectivity index (χ4n) is 4.04. The molecule has 4 nitrogen and oxygen atoms in total. The van der Waals surface area contributed by atoms with E-state index in [4.69, 9.17) is 0 Å². The third kappa shape index (κ3) is 3.75. The van der Waals surface area contributed by atoms with Crippen LogP contribution < -0.4 is 0 Å². The van der Waals surface area contributed by atoms with Crippen molar-refractivity contribution in [3.8, 4) is 0 Å². The number of carbonyl (C=O) groups excluding carboxylic acids is 1. The predicted octanol–water partition coefficient (Wildman–Crippen LogP) is 3.55. The van der Waals surface area contributed by atoms with Crippen molar-refractivity contribution in [1.29, 1.82) is 0 Å². The molecule has 3 rings (SSSR count). The van der Waals surface area contributed by atoms with E-state index in [0.717, 1.165) is 18.4 Å². The van der Waals surface area contributed by atoms with Gasteiger partial charge in [0, 0.05) is 18.7 Å². The summed E-state index contributed by atoms with van der Waals surface area (Å²) in [6, 6.07) is 0.0445. The molecule has 0 aromatic carbocycles. The highest BCUT2D eigenvalue weighted by Gasteiger charge is 2.45. The molecule has 2 fully saturated rings. The summed E-state index contributed by atoms with van der Waals surface area (Å²) < 4.78 is 40.8. The minimum Gasteiger partial charge on any atom is -0.338 e. The van der Waals surface area contributed by atoms with Crippen LogP contribution in [0.15, 0.2) is 12.4 Å². The molecule has 2 heterocycles. The topological polar surface area (TPSA) is 38.1 Å². The molecule has 3 atom stereocenters. The zero-order valence-electron chi connectivity index (χ0n) is 13.9. The molecule has 1 aliphatic heterocycles. The monoisotopic (exact) mass is 343 g/mol. The Bertz CT molecular complexity index is 584. The van der Waals surface area contributed by atoms with Crippen LogP contribution in [0.4, 0.5) is 13.2 Å². The highest BCUT2D eigenvalue weighted by molar-refractivity contribution is 5.79. The molecule has 1 aliphatic carbocycles. The minimum atomic E-state index is -4.18. The maximum absolute atomic E-state index is 13.0. The van der Waals surface area contributed by atoms with Gasteiger partial charge in [0.25, 0.3) is 0 Å². The number of hydrogen-bond acceptors (Lipinski definition) is 2. The summed E-state index contributed by atoms with van der Waals surface area (Å²) in [4.78, 5) is 14.6. The highest BCUT2D eigenvalue weighted by atomic mass is 19.4. The molecule has 7 heteroatoms. The molecule has 3 unspecified atom stereocenters. The summed E-state index contributed by atoms with van der Waals surface area (Å²) in [5.41, 5.74) is 1.06. The fourth-order valence-corrected chi connectivity index (χ4v) is 4.04. The number of alkyl halides is 3. The second kappa shape index (κ2) is 6.76. The molecule has 1 aromatic heterocycles. The van der Waals surface area contributed by atoms with E-state index in [1.807, 2.05) is 17.8 Å². The average molecular weight is 343 g/mol. The van der Waals surface area contributed by atoms with E-state index in [-0.39, 0.29) is 24.8 Å². The third-order valence-electron chi connectivity index (χ3n) is 5.31. The van der Waals surface area contributed by atoms with Crippen LogP contribution >= 0.6 is 0 Å². The van der Waals surface area contributed by atoms with Gasteiger partial charge in [0.05, 0.1) is 24.7 Å². The quantitative estimate of drug-likeness (QED) is 0.842. The lowest BCUT2D eigenvalue weighted by Gasteiger charge is -2.34. The standard InChI is InChI=1S/C17H24F3N3O/c1-12-9-21-22(10-12)11-15-6-3-7-23(15)16(24)13-4-2-5-14(8-13)17(18,19)20/h9-10,13-15H,2-8,11H2,1H3. The van der Waals surface area contributed by atoms with Crippen LogP contribution in [0.25, 0.3) is 0 Å². The Morgan fingerprint density at radius 2 is 2.08 bits per heavy atom. The number of rotatable bonds is 3. The van der Waals surface area contributed by atoms with Gasteiger partial charge in [-0.2, -0.15) is 18.3 Å². The lowest BCUT2D eigenvalue weighted by molar-refractivity contribution is -0.187. The van der Waals surface area contributed by atoms with Gasteiger partial charge in [0.1, 0.15) is 0 Å². The average Bonchev–Trinajstić information content (AvgIpc) is 3.15. The summed E-state index contributed by atoms with van der Waals surface area (Å²) in [7, 11) is 0. The number of amides is 1. The number of nitrogens with zero attached hydrogens (tertiary/aromatic N) is 3. The first-order valence-corrected chi connectivity index (χ1v) is 8.71. The number of halogens is 3. The van der Waals surface area contributed by atoms with Crippen LogP contribution in [-0.4, -0.2) is 39.4 Å². The third-order valence-corrected chi connectivity index (χ3v) is 5.31. The second-order valence-electron chi connectivity index (χ2n) is 7.17. The van der Waals surface area contributed by atoms with E-state index in [1.54, 1.807) is 11.1 Å². The molecule has 0 radical (unpaired) electrons. The van der Waals surface area contributed by atoms with E-state index in [0.29, 0.717) is 25.9 Å². The van der Waals surface area contributed by atoms with Gasteiger partial charge in [-0.05, 0) is 44.6 Å². The van der Waals surface area contributed by atoms with Crippen LogP contribution in [0.5, 0.6) is 0 Å². The van der Waals surface area contributed by atoms with Gasteiger partial charge in [0.15, 0.2) is 0 Å². The van der Waals surface area contributed by atoms with Crippen molar-refractivity contribution in [3.63, 3.8) is 0 Å². The molecule has 1 amide bonds. The van der Waals surface area contributed by atoms with Crippen molar-refractivity contribution >= 4 is 5.91 Å². The second-order valence-corrected chi connectivity index (χ2v) is 7.17. The van der Waals surface area contributed by atoms with Gasteiger partial charge in [-0.3, -0.25) is 9.48 Å². The molecule has 0 bridgehead atoms. The fraction of sp³-hybridized carbons (Fsp3) is 0.765. The van der Waals surface area contributed by atoms with Crippen LogP contribution in [-0.2, 0) is 11.3 Å². The summed E-state index contributed by atoms with van der Waals surface area (Å²) >= 11 is 0. The van der Waals surface area contributed by atoms with Crippen molar-refractivity contribution in [2.45, 2.75) is 64.2 Å². The van der Waals surface area contributed by atoms with Gasteiger partial charge in [-0.15, -0.1) is 0 Å². The molecule has 134 valence electrons. The Hall–Kier alpha value is -1.53. The van der Waals surface area contributed by atoms with E-state index in [1.165, 1.54) is 0 Å². The summed E-state index contributed by atoms with van der Waals surface area (Å²) in [5.74, 6) is -1.89. The first-order valence-electron chi connectivity index (χ1n) is 8.71. The van der Waals surface area contributed by atoms with Crippen molar-refractivity contribution in [2.75, 3.05) is 6.54 Å². The van der Waals surface area contributed by atoms with E-state index in [2.05, 4.69) is 5.10 Å². The normalized spacial score (nSPS) is 28.3. The summed E-state index contributed by atoms with van der Waals surface area (Å²) in [6.45, 7) is 3.23. The summed E-state index contributed by atoms with van der Waals surface area (Å²) in [5, 5.41) is 4.26. The number of likely N-dealkylation sites (tertiary alicyclic amines) is 1. The van der Waals surface area contributed by atoms with Gasteiger partial charge < -0.3 is 4.90 Å². The SMILES string of the molecule is Cc1cnn(CC2CCCN2C(=O)C2CCCC(C(F)(F)F)C2)c1. The van der Waals surface area contributed by atoms with Gasteiger partial charge in [0.2, 0.25) is 5.91 Å². The lowest BCUT2D eigenvalue weighted by Crippen LogP contribution is -2.44. The molecule has 1 saturated carbocycles. The molecule has 24 heavy (non-hydrogen) atoms. The predicted molar refractivity (Wildman–Crippen MR) is 83.2 cm³/mol. The maximum atomic E-state index is 13.0. The zero-order chi connectivity index (χ0) is 17.3. The van der Waals surface area contributed by atoms with Crippen LogP contribution in [0.2, 0.25) is 0 Å². The van der Waals surface area contributed by atoms with Crippen LogP contribution in [0.1, 0.15) is 44.1 Å². The number of aromatic nitrogens is 2. The van der Waals surface area contributed by atoms with Crippen molar-refractivity contribution in [2.24, 2.45) is 11.8 Å². The Balaban J connectivity index is 1.64. The van der Waals surface area contributed by atoms with Gasteiger partial charge in [-0.25, -0.2) is 0 Å². The molecule has 0 N–H and O–H groups in total. The smallest absolute Gasteiger partial charge is 0.338 e. The number of carbonyl (C=O) groups is 1. The first-order chi connectivity index (χ1) is 11.3. The number of aryl methyl sites for hydroxylation is 1. The molecule has 1 aromatic rings.